The maximum absolute atomic E-state index is 6.82. The van der Waals surface area contributed by atoms with Gasteiger partial charge in [-0.05, 0) is 111 Å². The van der Waals surface area contributed by atoms with Gasteiger partial charge in [-0.25, -0.2) is 4.99 Å². The molecule has 7 heteroatoms. The van der Waals surface area contributed by atoms with Gasteiger partial charge in [0.25, 0.3) is 0 Å². The monoisotopic (exact) mass is 621 g/mol. The number of rotatable bonds is 10. The van der Waals surface area contributed by atoms with E-state index in [4.69, 9.17) is 14.5 Å². The summed E-state index contributed by atoms with van der Waals surface area (Å²) in [7, 11) is 6.41. The molecule has 0 amide bonds. The van der Waals surface area contributed by atoms with E-state index >= 15 is 0 Å². The molecule has 1 fully saturated rings. The van der Waals surface area contributed by atoms with Crippen molar-refractivity contribution in [2.75, 3.05) is 49.3 Å². The summed E-state index contributed by atoms with van der Waals surface area (Å²) in [6.45, 7) is 16.8. The van der Waals surface area contributed by atoms with Crippen LogP contribution in [-0.4, -0.2) is 57.1 Å². The number of benzene rings is 3. The van der Waals surface area contributed by atoms with E-state index in [1.807, 2.05) is 31.6 Å². The average Bonchev–Trinajstić information content (AvgIpc) is 3.05. The molecule has 3 aromatic carbocycles. The predicted octanol–water partition coefficient (Wildman–Crippen LogP) is 8.87. The first-order valence-corrected chi connectivity index (χ1v) is 16.6. The molecular formula is C39H51N5O2. The number of fused-ring (bicyclic) bond motifs is 2. The number of nitrogens with zero attached hydrogens (tertiary/aromatic N) is 4. The van der Waals surface area contributed by atoms with Gasteiger partial charge in [-0.3, -0.25) is 0 Å². The van der Waals surface area contributed by atoms with Crippen LogP contribution in [-0.2, 0) is 0 Å². The topological polar surface area (TPSA) is 52.6 Å². The average molecular weight is 622 g/mol. The Hall–Kier alpha value is -4.23. The van der Waals surface area contributed by atoms with E-state index in [1.54, 1.807) is 0 Å². The van der Waals surface area contributed by atoms with E-state index in [2.05, 4.69) is 118 Å². The van der Waals surface area contributed by atoms with Crippen LogP contribution < -0.4 is 24.6 Å². The van der Waals surface area contributed by atoms with Crippen LogP contribution in [0.2, 0.25) is 0 Å². The van der Waals surface area contributed by atoms with Crippen LogP contribution in [0.1, 0.15) is 68.2 Å². The van der Waals surface area contributed by atoms with Crippen LogP contribution in [0, 0.1) is 13.8 Å². The molecule has 244 valence electrons. The number of piperidine rings is 1. The van der Waals surface area contributed by atoms with Crippen molar-refractivity contribution in [2.45, 2.75) is 71.9 Å². The highest BCUT2D eigenvalue weighted by Crippen LogP contribution is 2.42. The first-order chi connectivity index (χ1) is 22.1. The molecule has 1 N–H and O–H groups in total. The maximum Gasteiger partial charge on any atom is 0.154 e. The van der Waals surface area contributed by atoms with Crippen molar-refractivity contribution in [1.29, 1.82) is 0 Å². The van der Waals surface area contributed by atoms with Crippen LogP contribution in [0.25, 0.3) is 0 Å². The molecule has 0 aliphatic carbocycles. The van der Waals surface area contributed by atoms with Gasteiger partial charge < -0.3 is 29.5 Å². The van der Waals surface area contributed by atoms with Crippen molar-refractivity contribution in [3.8, 4) is 17.2 Å². The van der Waals surface area contributed by atoms with Gasteiger partial charge in [0.2, 0.25) is 0 Å². The fraction of sp³-hybridized carbons (Fsp3) is 0.410. The van der Waals surface area contributed by atoms with Crippen molar-refractivity contribution in [1.82, 2.24) is 4.90 Å². The molecule has 0 saturated carbocycles. The quantitative estimate of drug-likeness (QED) is 0.180. The fourth-order valence-electron chi connectivity index (χ4n) is 6.40. The molecule has 0 aromatic heterocycles. The molecule has 7 nitrogen and oxygen atoms in total. The first kappa shape index (κ1) is 33.1. The smallest absolute Gasteiger partial charge is 0.154 e. The first-order valence-electron chi connectivity index (χ1n) is 16.6. The van der Waals surface area contributed by atoms with E-state index in [0.29, 0.717) is 12.0 Å². The number of hydrogen-bond acceptors (Lipinski definition) is 6. The number of anilines is 3. The highest BCUT2D eigenvalue weighted by Gasteiger charge is 2.39. The van der Waals surface area contributed by atoms with E-state index in [-0.39, 0.29) is 6.10 Å². The summed E-state index contributed by atoms with van der Waals surface area (Å²) in [5.41, 5.74) is 7.60. The lowest BCUT2D eigenvalue weighted by atomic mass is 9.95. The third-order valence-electron chi connectivity index (χ3n) is 9.46. The SMILES string of the molecule is C=CN(C)c1ccc(Oc2ccc(NC(=N/C=C/CC)c3c(C)ccc4c3OC3CCN(C)CC3N4C)cc2C)cc1C(C)CC. The van der Waals surface area contributed by atoms with Crippen molar-refractivity contribution in [2.24, 2.45) is 4.99 Å². The Kier molecular flexibility index (Phi) is 10.4. The second-order valence-corrected chi connectivity index (χ2v) is 12.8. The van der Waals surface area contributed by atoms with Gasteiger partial charge in [0, 0.05) is 44.8 Å². The Balaban J connectivity index is 1.45. The van der Waals surface area contributed by atoms with E-state index in [1.165, 1.54) is 5.56 Å². The van der Waals surface area contributed by atoms with Crippen molar-refractivity contribution >= 4 is 22.9 Å². The number of allylic oxidation sites excluding steroid dienone is 1. The molecule has 2 aliphatic rings. The molecule has 46 heavy (non-hydrogen) atoms. The van der Waals surface area contributed by atoms with Crippen molar-refractivity contribution in [3.63, 3.8) is 0 Å². The van der Waals surface area contributed by atoms with Crippen LogP contribution in [0.5, 0.6) is 17.2 Å². The standard InChI is InChI=1S/C39H51N5O2/c1-10-13-21-40-39(37-27(5)14-17-33-38(37)46-36-20-22-42(7)25-34(36)44(33)9)41-29-15-19-35(28(6)23-29)45-30-16-18-32(43(8)12-3)31(24-30)26(4)11-2/h12-19,21,23-24,26,34,36H,3,10-11,20,22,25H2,1-2,4-9H3,(H,40,41)/b21-13+. The van der Waals surface area contributed by atoms with Gasteiger partial charge in [-0.15, -0.1) is 0 Å². The predicted molar refractivity (Wildman–Crippen MR) is 194 cm³/mol. The molecule has 0 spiro atoms. The van der Waals surface area contributed by atoms with Gasteiger partial charge in [-0.1, -0.05) is 39.5 Å². The van der Waals surface area contributed by atoms with Crippen molar-refractivity contribution in [3.05, 3.63) is 95.8 Å². The molecule has 2 heterocycles. The Morgan fingerprint density at radius 3 is 2.65 bits per heavy atom. The lowest BCUT2D eigenvalue weighted by molar-refractivity contribution is 0.0799. The molecular weight excluding hydrogens is 570 g/mol. The summed E-state index contributed by atoms with van der Waals surface area (Å²) in [4.78, 5) is 11.8. The van der Waals surface area contributed by atoms with Crippen LogP contribution in [0.4, 0.5) is 17.1 Å². The van der Waals surface area contributed by atoms with Gasteiger partial charge in [0.15, 0.2) is 5.75 Å². The summed E-state index contributed by atoms with van der Waals surface area (Å²) in [5, 5.41) is 3.65. The number of aliphatic imine (C=N–C) groups is 1. The molecule has 3 unspecified atom stereocenters. The summed E-state index contributed by atoms with van der Waals surface area (Å²) in [6, 6.07) is 17.2. The fourth-order valence-corrected chi connectivity index (χ4v) is 6.40. The minimum absolute atomic E-state index is 0.146. The Labute approximate surface area is 276 Å². The normalized spacial score (nSPS) is 18.9. The van der Waals surface area contributed by atoms with Crippen molar-refractivity contribution < 1.29 is 9.47 Å². The van der Waals surface area contributed by atoms with Crippen LogP contribution in [0.15, 0.2) is 78.6 Å². The van der Waals surface area contributed by atoms with E-state index in [9.17, 15) is 0 Å². The van der Waals surface area contributed by atoms with Gasteiger partial charge >= 0.3 is 0 Å². The van der Waals surface area contributed by atoms with Gasteiger partial charge in [0.1, 0.15) is 23.4 Å². The number of hydrogen-bond donors (Lipinski definition) is 1. The Morgan fingerprint density at radius 1 is 1.13 bits per heavy atom. The molecule has 5 rings (SSSR count). The zero-order valence-electron chi connectivity index (χ0n) is 28.9. The zero-order chi connectivity index (χ0) is 33.0. The van der Waals surface area contributed by atoms with Gasteiger partial charge in [-0.2, -0.15) is 0 Å². The van der Waals surface area contributed by atoms with E-state index < -0.39 is 0 Å². The summed E-state index contributed by atoms with van der Waals surface area (Å²) in [6.07, 6.45) is 8.90. The molecule has 2 aliphatic heterocycles. The third-order valence-corrected chi connectivity index (χ3v) is 9.46. The second-order valence-electron chi connectivity index (χ2n) is 12.8. The highest BCUT2D eigenvalue weighted by molar-refractivity contribution is 6.12. The lowest BCUT2D eigenvalue weighted by Crippen LogP contribution is -2.57. The lowest BCUT2D eigenvalue weighted by Gasteiger charge is -2.47. The van der Waals surface area contributed by atoms with Crippen LogP contribution in [0.3, 0.4) is 0 Å². The summed E-state index contributed by atoms with van der Waals surface area (Å²) >= 11 is 0. The number of aryl methyl sites for hydroxylation is 2. The summed E-state index contributed by atoms with van der Waals surface area (Å²) < 4.78 is 13.3. The number of likely N-dealkylation sites (N-methyl/N-ethyl adjacent to an activating group) is 2. The molecule has 0 radical (unpaired) electrons. The Morgan fingerprint density at radius 2 is 1.93 bits per heavy atom. The number of nitrogens with one attached hydrogen (secondary N) is 1. The number of likely N-dealkylation sites (tertiary alicyclic amines) is 1. The molecule has 1 saturated heterocycles. The second kappa shape index (κ2) is 14.5. The molecule has 3 aromatic rings. The highest BCUT2D eigenvalue weighted by atomic mass is 16.5. The summed E-state index contributed by atoms with van der Waals surface area (Å²) in [5.74, 6) is 3.72. The third kappa shape index (κ3) is 6.95. The Bertz CT molecular complexity index is 1610. The minimum Gasteiger partial charge on any atom is -0.485 e. The van der Waals surface area contributed by atoms with Gasteiger partial charge in [0.05, 0.1) is 17.3 Å². The van der Waals surface area contributed by atoms with E-state index in [0.717, 1.165) is 89.2 Å². The number of ether oxygens (including phenoxy) is 2. The molecule has 0 bridgehead atoms. The molecule has 3 atom stereocenters. The number of amidine groups is 1. The minimum atomic E-state index is 0.146. The zero-order valence-corrected chi connectivity index (χ0v) is 28.9. The largest absolute Gasteiger partial charge is 0.485 e. The van der Waals surface area contributed by atoms with Crippen LogP contribution >= 0.6 is 0 Å². The maximum atomic E-state index is 6.82.